The van der Waals surface area contributed by atoms with Crippen molar-refractivity contribution in [1.82, 2.24) is 0 Å². The standard InChI is InChI=1S/C7H7ClF2N2O/c8-5-3-4(12-11)1-2-6(5)13-7(9)10/h1-3,7,12H,11H2. The molecular weight excluding hydrogens is 202 g/mol. The Kier molecular flexibility index (Phi) is 3.27. The molecule has 1 aromatic rings. The number of anilines is 1. The van der Waals surface area contributed by atoms with Crippen LogP contribution in [-0.2, 0) is 0 Å². The van der Waals surface area contributed by atoms with Crippen molar-refractivity contribution in [1.29, 1.82) is 0 Å². The van der Waals surface area contributed by atoms with E-state index >= 15 is 0 Å². The van der Waals surface area contributed by atoms with Crippen molar-refractivity contribution in [2.45, 2.75) is 6.61 Å². The quantitative estimate of drug-likeness (QED) is 0.592. The summed E-state index contributed by atoms with van der Waals surface area (Å²) >= 11 is 5.60. The number of nitrogen functional groups attached to an aromatic ring is 1. The van der Waals surface area contributed by atoms with Gasteiger partial charge >= 0.3 is 6.61 Å². The van der Waals surface area contributed by atoms with Gasteiger partial charge in [-0.05, 0) is 18.2 Å². The fourth-order valence-corrected chi connectivity index (χ4v) is 1.01. The van der Waals surface area contributed by atoms with Crippen LogP contribution in [0, 0.1) is 0 Å². The van der Waals surface area contributed by atoms with Crippen molar-refractivity contribution in [3.8, 4) is 5.75 Å². The van der Waals surface area contributed by atoms with Crippen LogP contribution in [0.3, 0.4) is 0 Å². The molecule has 0 bridgehead atoms. The predicted molar refractivity (Wildman–Crippen MR) is 45.9 cm³/mol. The average Bonchev–Trinajstić information content (AvgIpc) is 2.08. The Morgan fingerprint density at radius 3 is 2.62 bits per heavy atom. The van der Waals surface area contributed by atoms with Gasteiger partial charge in [-0.1, -0.05) is 11.6 Å². The van der Waals surface area contributed by atoms with E-state index < -0.39 is 6.61 Å². The summed E-state index contributed by atoms with van der Waals surface area (Å²) in [4.78, 5) is 0. The maximum absolute atomic E-state index is 11.8. The zero-order valence-electron chi connectivity index (χ0n) is 6.43. The Bertz CT molecular complexity index is 296. The molecule has 13 heavy (non-hydrogen) atoms. The predicted octanol–water partition coefficient (Wildman–Crippen LogP) is 2.23. The second kappa shape index (κ2) is 4.25. The lowest BCUT2D eigenvalue weighted by Crippen LogP contribution is -2.07. The second-order valence-corrected chi connectivity index (χ2v) is 2.58. The van der Waals surface area contributed by atoms with Crippen molar-refractivity contribution < 1.29 is 13.5 Å². The molecule has 0 spiro atoms. The molecule has 1 rings (SSSR count). The highest BCUT2D eigenvalue weighted by Gasteiger charge is 2.08. The van der Waals surface area contributed by atoms with Crippen LogP contribution in [0.5, 0.6) is 5.75 Å². The third kappa shape index (κ3) is 2.71. The summed E-state index contributed by atoms with van der Waals surface area (Å²) < 4.78 is 27.6. The van der Waals surface area contributed by atoms with Crippen LogP contribution < -0.4 is 16.0 Å². The molecule has 0 aliphatic carbocycles. The highest BCUT2D eigenvalue weighted by Crippen LogP contribution is 2.28. The van der Waals surface area contributed by atoms with Crippen LogP contribution in [0.25, 0.3) is 0 Å². The molecule has 0 saturated carbocycles. The monoisotopic (exact) mass is 208 g/mol. The highest BCUT2D eigenvalue weighted by molar-refractivity contribution is 6.32. The van der Waals surface area contributed by atoms with Crippen molar-refractivity contribution in [2.24, 2.45) is 5.84 Å². The molecule has 72 valence electrons. The number of halogens is 3. The van der Waals surface area contributed by atoms with Crippen molar-refractivity contribution in [3.63, 3.8) is 0 Å². The molecule has 0 fully saturated rings. The molecule has 0 radical (unpaired) electrons. The lowest BCUT2D eigenvalue weighted by Gasteiger charge is -2.07. The topological polar surface area (TPSA) is 47.3 Å². The minimum atomic E-state index is -2.88. The smallest absolute Gasteiger partial charge is 0.387 e. The molecule has 6 heteroatoms. The molecule has 0 heterocycles. The largest absolute Gasteiger partial charge is 0.433 e. The zero-order chi connectivity index (χ0) is 9.84. The minimum absolute atomic E-state index is 0.0735. The molecule has 0 atom stereocenters. The van der Waals surface area contributed by atoms with Crippen molar-refractivity contribution in [2.75, 3.05) is 5.43 Å². The summed E-state index contributed by atoms with van der Waals surface area (Å²) in [7, 11) is 0. The van der Waals surface area contributed by atoms with Gasteiger partial charge in [0.05, 0.1) is 10.7 Å². The van der Waals surface area contributed by atoms with E-state index in [0.29, 0.717) is 5.69 Å². The number of ether oxygens (including phenoxy) is 1. The Morgan fingerprint density at radius 2 is 2.15 bits per heavy atom. The van der Waals surface area contributed by atoms with Gasteiger partial charge in [0.2, 0.25) is 0 Å². The first kappa shape index (κ1) is 10.0. The molecule has 0 saturated heterocycles. The molecule has 3 nitrogen and oxygen atoms in total. The molecule has 3 N–H and O–H groups in total. The van der Waals surface area contributed by atoms with Gasteiger partial charge in [0.25, 0.3) is 0 Å². The number of benzene rings is 1. The van der Waals surface area contributed by atoms with E-state index in [2.05, 4.69) is 10.2 Å². The first-order valence-corrected chi connectivity index (χ1v) is 3.72. The Balaban J connectivity index is 2.85. The average molecular weight is 209 g/mol. The third-order valence-corrected chi connectivity index (χ3v) is 1.61. The molecule has 0 aromatic heterocycles. The SMILES string of the molecule is NNc1ccc(OC(F)F)c(Cl)c1. The van der Waals surface area contributed by atoms with Crippen LogP contribution in [0.2, 0.25) is 5.02 Å². The fraction of sp³-hybridized carbons (Fsp3) is 0.143. The number of nitrogens with one attached hydrogen (secondary N) is 1. The lowest BCUT2D eigenvalue weighted by atomic mass is 10.3. The fourth-order valence-electron chi connectivity index (χ4n) is 0.782. The normalized spacial score (nSPS) is 10.2. The number of nitrogens with two attached hydrogens (primary N) is 1. The van der Waals surface area contributed by atoms with Crippen molar-refractivity contribution >= 4 is 17.3 Å². The Labute approximate surface area is 78.4 Å². The molecule has 0 aliphatic heterocycles. The number of alkyl halides is 2. The third-order valence-electron chi connectivity index (χ3n) is 1.31. The summed E-state index contributed by atoms with van der Waals surface area (Å²) in [6, 6.07) is 4.17. The lowest BCUT2D eigenvalue weighted by molar-refractivity contribution is -0.0497. The molecule has 0 aliphatic rings. The molecular formula is C7H7ClF2N2O. The minimum Gasteiger partial charge on any atom is -0.433 e. The van der Waals surface area contributed by atoms with Gasteiger partial charge in [0, 0.05) is 0 Å². The first-order chi connectivity index (χ1) is 6.13. The van der Waals surface area contributed by atoms with Crippen LogP contribution in [-0.4, -0.2) is 6.61 Å². The van der Waals surface area contributed by atoms with Gasteiger partial charge in [0.15, 0.2) is 0 Å². The van der Waals surface area contributed by atoms with Crippen molar-refractivity contribution in [3.05, 3.63) is 23.2 Å². The summed E-state index contributed by atoms with van der Waals surface area (Å²) in [6.07, 6.45) is 0. The van der Waals surface area contributed by atoms with E-state index in [9.17, 15) is 8.78 Å². The Hall–Kier alpha value is -1.07. The number of hydrazine groups is 1. The maximum Gasteiger partial charge on any atom is 0.387 e. The van der Waals surface area contributed by atoms with E-state index in [-0.39, 0.29) is 10.8 Å². The second-order valence-electron chi connectivity index (χ2n) is 2.17. The van der Waals surface area contributed by atoms with Crippen LogP contribution in [0.15, 0.2) is 18.2 Å². The highest BCUT2D eigenvalue weighted by atomic mass is 35.5. The maximum atomic E-state index is 11.8. The Morgan fingerprint density at radius 1 is 1.46 bits per heavy atom. The van der Waals surface area contributed by atoms with E-state index in [1.807, 2.05) is 0 Å². The van der Waals surface area contributed by atoms with Gasteiger partial charge in [-0.25, -0.2) is 0 Å². The van der Waals surface area contributed by atoms with E-state index in [0.717, 1.165) is 0 Å². The van der Waals surface area contributed by atoms with E-state index in [1.165, 1.54) is 18.2 Å². The number of hydrogen-bond donors (Lipinski definition) is 2. The number of hydrogen-bond acceptors (Lipinski definition) is 3. The summed E-state index contributed by atoms with van der Waals surface area (Å²) in [5, 5.41) is 0.0794. The van der Waals surface area contributed by atoms with E-state index in [4.69, 9.17) is 17.4 Å². The van der Waals surface area contributed by atoms with Gasteiger partial charge < -0.3 is 10.2 Å². The molecule has 0 amide bonds. The number of rotatable bonds is 3. The summed E-state index contributed by atoms with van der Waals surface area (Å²) in [6.45, 7) is -2.88. The molecule has 0 unspecified atom stereocenters. The summed E-state index contributed by atoms with van der Waals surface area (Å²) in [5.74, 6) is 5.00. The zero-order valence-corrected chi connectivity index (χ0v) is 7.18. The van der Waals surface area contributed by atoms with Gasteiger partial charge in [-0.3, -0.25) is 5.84 Å². The van der Waals surface area contributed by atoms with Crippen LogP contribution in [0.4, 0.5) is 14.5 Å². The van der Waals surface area contributed by atoms with Gasteiger partial charge in [-0.15, -0.1) is 0 Å². The first-order valence-electron chi connectivity index (χ1n) is 3.34. The van der Waals surface area contributed by atoms with E-state index in [1.54, 1.807) is 0 Å². The summed E-state index contributed by atoms with van der Waals surface area (Å²) in [5.41, 5.74) is 2.84. The van der Waals surface area contributed by atoms with Crippen LogP contribution in [0.1, 0.15) is 0 Å². The molecule has 1 aromatic carbocycles. The van der Waals surface area contributed by atoms with Gasteiger partial charge in [0.1, 0.15) is 5.75 Å². The van der Waals surface area contributed by atoms with Gasteiger partial charge in [-0.2, -0.15) is 8.78 Å². The van der Waals surface area contributed by atoms with Crippen LogP contribution >= 0.6 is 11.6 Å².